The quantitative estimate of drug-likeness (QED) is 0.483. The van der Waals surface area contributed by atoms with Crippen molar-refractivity contribution < 1.29 is 9.53 Å². The van der Waals surface area contributed by atoms with Gasteiger partial charge in [-0.1, -0.05) is 53.8 Å². The molecule has 0 saturated carbocycles. The molecule has 0 radical (unpaired) electrons. The number of nitrogens with one attached hydrogen (secondary N) is 1. The van der Waals surface area contributed by atoms with Crippen LogP contribution in [0.15, 0.2) is 59.6 Å². The van der Waals surface area contributed by atoms with Crippen molar-refractivity contribution in [3.05, 3.63) is 70.2 Å². The fourth-order valence-corrected chi connectivity index (χ4v) is 4.10. The predicted molar refractivity (Wildman–Crippen MR) is 117 cm³/mol. The maximum Gasteiger partial charge on any atom is 0.263 e. The second kappa shape index (κ2) is 7.79. The summed E-state index contributed by atoms with van der Waals surface area (Å²) < 4.78 is 7.45. The minimum Gasteiger partial charge on any atom is -0.495 e. The van der Waals surface area contributed by atoms with Gasteiger partial charge >= 0.3 is 0 Å². The highest BCUT2D eigenvalue weighted by Crippen LogP contribution is 2.34. The Bertz CT molecular complexity index is 1110. The number of amides is 1. The van der Waals surface area contributed by atoms with E-state index in [1.165, 1.54) is 11.8 Å². The molecule has 0 spiro atoms. The van der Waals surface area contributed by atoms with E-state index >= 15 is 0 Å². The molecule has 1 aliphatic rings. The van der Waals surface area contributed by atoms with Crippen molar-refractivity contribution in [2.75, 3.05) is 7.11 Å². The first-order chi connectivity index (χ1) is 13.5. The summed E-state index contributed by atoms with van der Waals surface area (Å²) in [4.78, 5) is 12.6. The van der Waals surface area contributed by atoms with Gasteiger partial charge in [0.25, 0.3) is 5.91 Å². The van der Waals surface area contributed by atoms with Gasteiger partial charge < -0.3 is 10.1 Å². The lowest BCUT2D eigenvalue weighted by Crippen LogP contribution is -2.17. The second-order valence-electron chi connectivity index (χ2n) is 5.91. The molecule has 8 heteroatoms. The molecule has 1 aromatic heterocycles. The third kappa shape index (κ3) is 3.69. The van der Waals surface area contributed by atoms with Crippen molar-refractivity contribution in [1.82, 2.24) is 15.1 Å². The molecule has 0 atom stereocenters. The summed E-state index contributed by atoms with van der Waals surface area (Å²) in [5, 5.41) is 7.85. The molecular weight excluding hydrogens is 414 g/mol. The number of carbonyl (C=O) groups excluding carboxylic acids is 1. The third-order valence-electron chi connectivity index (χ3n) is 4.12. The molecule has 1 N–H and O–H groups in total. The average Bonchev–Trinajstić information content (AvgIpc) is 3.25. The lowest BCUT2D eigenvalue weighted by Gasteiger charge is -2.05. The fraction of sp³-hybridized carbons (Fsp3) is 0.0500. The molecule has 2 aromatic carbocycles. The van der Waals surface area contributed by atoms with E-state index in [1.54, 1.807) is 30.0 Å². The molecule has 140 valence electrons. The van der Waals surface area contributed by atoms with Gasteiger partial charge in [-0.05, 0) is 36.4 Å². The Morgan fingerprint density at radius 3 is 2.68 bits per heavy atom. The number of benzene rings is 2. The van der Waals surface area contributed by atoms with Gasteiger partial charge in [0.15, 0.2) is 0 Å². The van der Waals surface area contributed by atoms with E-state index in [4.69, 9.17) is 33.7 Å². The molecule has 0 aliphatic carbocycles. The van der Waals surface area contributed by atoms with Crippen LogP contribution in [0.5, 0.6) is 5.75 Å². The summed E-state index contributed by atoms with van der Waals surface area (Å²) in [6, 6.07) is 15.2. The predicted octanol–water partition coefficient (Wildman–Crippen LogP) is 4.69. The normalized spacial score (nSPS) is 15.1. The number of ether oxygens (including phenoxy) is 1. The molecule has 2 heterocycles. The van der Waals surface area contributed by atoms with E-state index < -0.39 is 0 Å². The Morgan fingerprint density at radius 2 is 2.04 bits per heavy atom. The van der Waals surface area contributed by atoms with Crippen LogP contribution in [0, 0.1) is 0 Å². The van der Waals surface area contributed by atoms with E-state index in [1.807, 2.05) is 42.6 Å². The summed E-state index contributed by atoms with van der Waals surface area (Å²) in [7, 11) is 1.57. The highest BCUT2D eigenvalue weighted by molar-refractivity contribution is 8.26. The number of aromatic nitrogens is 2. The molecule has 1 saturated heterocycles. The molecule has 1 amide bonds. The zero-order chi connectivity index (χ0) is 19.7. The van der Waals surface area contributed by atoms with Gasteiger partial charge in [0, 0.05) is 17.3 Å². The van der Waals surface area contributed by atoms with Crippen molar-refractivity contribution in [1.29, 1.82) is 0 Å². The number of methoxy groups -OCH3 is 1. The number of nitrogens with zero attached hydrogens (tertiary/aromatic N) is 2. The zero-order valence-corrected chi connectivity index (χ0v) is 17.1. The van der Waals surface area contributed by atoms with Crippen LogP contribution >= 0.6 is 35.6 Å². The van der Waals surface area contributed by atoms with Crippen molar-refractivity contribution in [3.8, 4) is 22.7 Å². The summed E-state index contributed by atoms with van der Waals surface area (Å²) >= 11 is 12.6. The lowest BCUT2D eigenvalue weighted by molar-refractivity contribution is -0.115. The smallest absolute Gasteiger partial charge is 0.263 e. The minimum absolute atomic E-state index is 0.207. The third-order valence-corrected chi connectivity index (χ3v) is 5.58. The average molecular weight is 428 g/mol. The second-order valence-corrected chi connectivity index (χ2v) is 8.04. The van der Waals surface area contributed by atoms with Crippen LogP contribution in [-0.4, -0.2) is 27.1 Å². The van der Waals surface area contributed by atoms with Crippen LogP contribution in [0.4, 0.5) is 0 Å². The first-order valence-corrected chi connectivity index (χ1v) is 9.89. The van der Waals surface area contributed by atoms with E-state index in [0.29, 0.717) is 25.7 Å². The summed E-state index contributed by atoms with van der Waals surface area (Å²) in [5.41, 5.74) is 3.21. The molecule has 0 bridgehead atoms. The van der Waals surface area contributed by atoms with Gasteiger partial charge in [-0.2, -0.15) is 5.10 Å². The summed E-state index contributed by atoms with van der Waals surface area (Å²) in [6.45, 7) is 0. The molecule has 3 aromatic rings. The van der Waals surface area contributed by atoms with Crippen LogP contribution in [-0.2, 0) is 4.79 Å². The van der Waals surface area contributed by atoms with Gasteiger partial charge in [-0.3, -0.25) is 4.79 Å². The monoisotopic (exact) mass is 427 g/mol. The van der Waals surface area contributed by atoms with E-state index in [-0.39, 0.29) is 5.91 Å². The van der Waals surface area contributed by atoms with Crippen LogP contribution in [0.3, 0.4) is 0 Å². The number of halogens is 1. The molecule has 4 rings (SSSR count). The Kier molecular flexibility index (Phi) is 5.21. The highest BCUT2D eigenvalue weighted by atomic mass is 35.5. The van der Waals surface area contributed by atoms with Gasteiger partial charge in [0.05, 0.1) is 22.7 Å². The minimum atomic E-state index is -0.207. The maximum absolute atomic E-state index is 12.1. The Hall–Kier alpha value is -2.61. The van der Waals surface area contributed by atoms with Crippen molar-refractivity contribution in [2.24, 2.45) is 0 Å². The van der Waals surface area contributed by atoms with Crippen LogP contribution in [0.1, 0.15) is 5.56 Å². The Morgan fingerprint density at radius 1 is 1.25 bits per heavy atom. The van der Waals surface area contributed by atoms with Crippen molar-refractivity contribution in [2.45, 2.75) is 0 Å². The fourth-order valence-electron chi connectivity index (χ4n) is 2.81. The van der Waals surface area contributed by atoms with Crippen molar-refractivity contribution in [3.63, 3.8) is 0 Å². The SMILES string of the molecule is COc1ccc(-c2nn(-c3ccccc3)cc2C=C2SC(=S)NC2=O)cc1Cl. The van der Waals surface area contributed by atoms with Crippen LogP contribution < -0.4 is 10.1 Å². The number of thioether (sulfide) groups is 1. The number of rotatable bonds is 4. The van der Waals surface area contributed by atoms with E-state index in [0.717, 1.165) is 16.8 Å². The number of carbonyl (C=O) groups is 1. The zero-order valence-electron chi connectivity index (χ0n) is 14.7. The highest BCUT2D eigenvalue weighted by Gasteiger charge is 2.23. The number of para-hydroxylation sites is 1. The largest absolute Gasteiger partial charge is 0.495 e. The molecule has 5 nitrogen and oxygen atoms in total. The van der Waals surface area contributed by atoms with Gasteiger partial charge in [-0.15, -0.1) is 0 Å². The number of thiocarbonyl (C=S) groups is 1. The van der Waals surface area contributed by atoms with Gasteiger partial charge in [0.2, 0.25) is 0 Å². The van der Waals surface area contributed by atoms with E-state index in [9.17, 15) is 4.79 Å². The molecule has 1 fully saturated rings. The molecular formula is C20H14ClN3O2S2. The lowest BCUT2D eigenvalue weighted by atomic mass is 10.1. The first-order valence-electron chi connectivity index (χ1n) is 8.29. The molecule has 28 heavy (non-hydrogen) atoms. The van der Waals surface area contributed by atoms with Crippen LogP contribution in [0.2, 0.25) is 5.02 Å². The number of hydrogen-bond donors (Lipinski definition) is 1. The summed E-state index contributed by atoms with van der Waals surface area (Å²) in [6.07, 6.45) is 3.67. The number of hydrogen-bond acceptors (Lipinski definition) is 5. The van der Waals surface area contributed by atoms with Crippen LogP contribution in [0.25, 0.3) is 23.0 Å². The molecule has 0 unspecified atom stereocenters. The topological polar surface area (TPSA) is 56.1 Å². The van der Waals surface area contributed by atoms with Gasteiger partial charge in [0.1, 0.15) is 15.8 Å². The molecule has 1 aliphatic heterocycles. The summed E-state index contributed by atoms with van der Waals surface area (Å²) in [5.74, 6) is 0.380. The standard InChI is InChI=1S/C20H14ClN3O2S2/c1-26-16-8-7-12(9-15(16)21)18-13(10-17-19(25)22-20(27)28-17)11-24(23-18)14-5-3-2-4-6-14/h2-11H,1H3,(H,22,25,27). The Balaban J connectivity index is 1.85. The van der Waals surface area contributed by atoms with Gasteiger partial charge in [-0.25, -0.2) is 4.68 Å². The van der Waals surface area contributed by atoms with Crippen molar-refractivity contribution >= 4 is 51.9 Å². The Labute approximate surface area is 176 Å². The van der Waals surface area contributed by atoms with E-state index in [2.05, 4.69) is 5.32 Å². The first kappa shape index (κ1) is 18.7. The maximum atomic E-state index is 12.1.